The van der Waals surface area contributed by atoms with Crippen molar-refractivity contribution in [1.29, 1.82) is 0 Å². The van der Waals surface area contributed by atoms with E-state index in [4.69, 9.17) is 0 Å². The molecule has 1 N–H and O–H groups in total. The van der Waals surface area contributed by atoms with Crippen LogP contribution >= 0.6 is 0 Å². The molecule has 0 bridgehead atoms. The van der Waals surface area contributed by atoms with Crippen molar-refractivity contribution in [3.05, 3.63) is 52.8 Å². The van der Waals surface area contributed by atoms with Crippen molar-refractivity contribution in [3.8, 4) is 0 Å². The van der Waals surface area contributed by atoms with E-state index >= 15 is 0 Å². The Morgan fingerprint density at radius 2 is 1.91 bits per heavy atom. The Morgan fingerprint density at radius 1 is 1.22 bits per heavy atom. The molecule has 1 aliphatic carbocycles. The van der Waals surface area contributed by atoms with Crippen LogP contribution in [0.15, 0.2) is 30.3 Å². The molecule has 23 heavy (non-hydrogen) atoms. The number of aromatic nitrogens is 2. The number of aryl methyl sites for hydroxylation is 1. The zero-order valence-electron chi connectivity index (χ0n) is 14.0. The fourth-order valence-electron chi connectivity index (χ4n) is 3.41. The summed E-state index contributed by atoms with van der Waals surface area (Å²) in [5, 5.41) is 7.75. The second-order valence-corrected chi connectivity index (χ2v) is 6.49. The van der Waals surface area contributed by atoms with Gasteiger partial charge < -0.3 is 5.32 Å². The lowest BCUT2D eigenvalue weighted by Gasteiger charge is -2.11. The highest BCUT2D eigenvalue weighted by molar-refractivity contribution is 5.78. The third kappa shape index (κ3) is 3.63. The third-order valence-electron chi connectivity index (χ3n) is 4.87. The van der Waals surface area contributed by atoms with Gasteiger partial charge in [-0.1, -0.05) is 43.2 Å². The summed E-state index contributed by atoms with van der Waals surface area (Å²) in [6.45, 7) is 5.46. The molecule has 3 rings (SSSR count). The van der Waals surface area contributed by atoms with Gasteiger partial charge in [-0.15, -0.1) is 0 Å². The Bertz CT molecular complexity index is 669. The number of nitrogens with zero attached hydrogens (tertiary/aromatic N) is 2. The van der Waals surface area contributed by atoms with Gasteiger partial charge in [0.05, 0.1) is 12.2 Å². The Balaban J connectivity index is 1.67. The molecule has 0 spiro atoms. The first-order chi connectivity index (χ1) is 11.1. The van der Waals surface area contributed by atoms with E-state index in [-0.39, 0.29) is 11.8 Å². The third-order valence-corrected chi connectivity index (χ3v) is 4.87. The Morgan fingerprint density at radius 3 is 2.61 bits per heavy atom. The van der Waals surface area contributed by atoms with Crippen molar-refractivity contribution in [2.45, 2.75) is 52.6 Å². The quantitative estimate of drug-likeness (QED) is 0.920. The van der Waals surface area contributed by atoms with E-state index in [2.05, 4.69) is 29.5 Å². The molecule has 0 saturated heterocycles. The fourth-order valence-corrected chi connectivity index (χ4v) is 3.41. The Hall–Kier alpha value is -2.10. The summed E-state index contributed by atoms with van der Waals surface area (Å²) in [6.07, 6.45) is 4.45. The second kappa shape index (κ2) is 6.99. The molecule has 0 radical (unpaired) electrons. The molecule has 122 valence electrons. The van der Waals surface area contributed by atoms with Gasteiger partial charge in [-0.2, -0.15) is 5.10 Å². The number of amides is 1. The summed E-state index contributed by atoms with van der Waals surface area (Å²) in [6, 6.07) is 10.3. The summed E-state index contributed by atoms with van der Waals surface area (Å²) >= 11 is 0. The molecule has 4 heteroatoms. The molecule has 1 saturated carbocycles. The van der Waals surface area contributed by atoms with Gasteiger partial charge in [0.15, 0.2) is 0 Å². The molecule has 1 aliphatic rings. The van der Waals surface area contributed by atoms with Crippen LogP contribution < -0.4 is 5.32 Å². The van der Waals surface area contributed by atoms with Crippen LogP contribution in [-0.4, -0.2) is 15.7 Å². The van der Waals surface area contributed by atoms with Crippen LogP contribution in [0.5, 0.6) is 0 Å². The zero-order valence-corrected chi connectivity index (χ0v) is 14.0. The lowest BCUT2D eigenvalue weighted by atomic mass is 10.1. The van der Waals surface area contributed by atoms with E-state index in [0.29, 0.717) is 6.54 Å². The molecule has 1 heterocycles. The first-order valence-electron chi connectivity index (χ1n) is 8.49. The zero-order chi connectivity index (χ0) is 16.2. The molecule has 0 atom stereocenters. The minimum Gasteiger partial charge on any atom is -0.352 e. The van der Waals surface area contributed by atoms with Gasteiger partial charge in [-0.3, -0.25) is 9.48 Å². The van der Waals surface area contributed by atoms with Gasteiger partial charge >= 0.3 is 0 Å². The smallest absolute Gasteiger partial charge is 0.223 e. The summed E-state index contributed by atoms with van der Waals surface area (Å²) in [5.74, 6) is 0.423. The van der Waals surface area contributed by atoms with E-state index in [1.165, 1.54) is 18.4 Å². The van der Waals surface area contributed by atoms with Crippen LogP contribution in [0.2, 0.25) is 0 Å². The van der Waals surface area contributed by atoms with E-state index in [1.54, 1.807) is 0 Å². The number of benzene rings is 1. The molecule has 1 fully saturated rings. The van der Waals surface area contributed by atoms with Gasteiger partial charge in [0.2, 0.25) is 5.91 Å². The Kier molecular flexibility index (Phi) is 4.79. The van der Waals surface area contributed by atoms with E-state index in [9.17, 15) is 4.79 Å². The largest absolute Gasteiger partial charge is 0.352 e. The molecular weight excluding hydrogens is 286 g/mol. The van der Waals surface area contributed by atoms with Gasteiger partial charge in [0.25, 0.3) is 0 Å². The highest BCUT2D eigenvalue weighted by Crippen LogP contribution is 2.25. The second-order valence-electron chi connectivity index (χ2n) is 6.49. The fraction of sp³-hybridized carbons (Fsp3) is 0.474. The standard InChI is InChI=1S/C19H25N3O/c1-14-18(12-20-19(23)17-10-6-7-11-17)15(2)22(21-14)13-16-8-4-3-5-9-16/h3-5,8-9,17H,6-7,10-13H2,1-2H3,(H,20,23). The minimum absolute atomic E-state index is 0.206. The summed E-state index contributed by atoms with van der Waals surface area (Å²) in [4.78, 5) is 12.2. The van der Waals surface area contributed by atoms with Crippen LogP contribution in [0, 0.1) is 19.8 Å². The minimum atomic E-state index is 0.206. The van der Waals surface area contributed by atoms with Crippen molar-refractivity contribution >= 4 is 5.91 Å². The number of carbonyl (C=O) groups excluding carboxylic acids is 1. The van der Waals surface area contributed by atoms with Gasteiger partial charge in [0.1, 0.15) is 0 Å². The molecular formula is C19H25N3O. The first kappa shape index (κ1) is 15.8. The lowest BCUT2D eigenvalue weighted by molar-refractivity contribution is -0.124. The first-order valence-corrected chi connectivity index (χ1v) is 8.49. The van der Waals surface area contributed by atoms with Crippen LogP contribution in [0.1, 0.15) is 48.2 Å². The van der Waals surface area contributed by atoms with Crippen molar-refractivity contribution in [2.75, 3.05) is 0 Å². The van der Waals surface area contributed by atoms with Crippen LogP contribution in [0.3, 0.4) is 0 Å². The maximum absolute atomic E-state index is 12.2. The number of carbonyl (C=O) groups is 1. The number of hydrogen-bond acceptors (Lipinski definition) is 2. The summed E-state index contributed by atoms with van der Waals surface area (Å²) in [7, 11) is 0. The van der Waals surface area contributed by atoms with E-state index in [1.807, 2.05) is 29.8 Å². The highest BCUT2D eigenvalue weighted by Gasteiger charge is 2.23. The van der Waals surface area contributed by atoms with Crippen molar-refractivity contribution < 1.29 is 4.79 Å². The van der Waals surface area contributed by atoms with E-state index < -0.39 is 0 Å². The maximum atomic E-state index is 12.2. The number of hydrogen-bond donors (Lipinski definition) is 1. The SMILES string of the molecule is Cc1nn(Cc2ccccc2)c(C)c1CNC(=O)C1CCCC1. The van der Waals surface area contributed by atoms with Crippen molar-refractivity contribution in [1.82, 2.24) is 15.1 Å². The number of nitrogens with one attached hydrogen (secondary N) is 1. The van der Waals surface area contributed by atoms with Gasteiger partial charge in [-0.25, -0.2) is 0 Å². The topological polar surface area (TPSA) is 46.9 Å². The molecule has 2 aromatic rings. The van der Waals surface area contributed by atoms with Gasteiger partial charge in [-0.05, 0) is 32.3 Å². The average Bonchev–Trinajstić information content (AvgIpc) is 3.17. The molecule has 1 amide bonds. The molecule has 1 aromatic heterocycles. The highest BCUT2D eigenvalue weighted by atomic mass is 16.1. The van der Waals surface area contributed by atoms with Crippen molar-refractivity contribution in [3.63, 3.8) is 0 Å². The normalized spacial score (nSPS) is 15.0. The maximum Gasteiger partial charge on any atom is 0.223 e. The monoisotopic (exact) mass is 311 g/mol. The average molecular weight is 311 g/mol. The molecule has 4 nitrogen and oxygen atoms in total. The lowest BCUT2D eigenvalue weighted by Crippen LogP contribution is -2.29. The predicted octanol–water partition coefficient (Wildman–Crippen LogP) is 3.35. The Labute approximate surface area is 137 Å². The summed E-state index contributed by atoms with van der Waals surface area (Å²) in [5.41, 5.74) is 4.52. The number of rotatable bonds is 5. The van der Waals surface area contributed by atoms with E-state index in [0.717, 1.165) is 36.3 Å². The van der Waals surface area contributed by atoms with Crippen LogP contribution in [-0.2, 0) is 17.9 Å². The van der Waals surface area contributed by atoms with Gasteiger partial charge in [0, 0.05) is 23.7 Å². The molecule has 0 aliphatic heterocycles. The van der Waals surface area contributed by atoms with Crippen LogP contribution in [0.4, 0.5) is 0 Å². The predicted molar refractivity (Wildman–Crippen MR) is 91.0 cm³/mol. The van der Waals surface area contributed by atoms with Crippen molar-refractivity contribution in [2.24, 2.45) is 5.92 Å². The molecule has 0 unspecified atom stereocenters. The van der Waals surface area contributed by atoms with Crippen LogP contribution in [0.25, 0.3) is 0 Å². The molecule has 1 aromatic carbocycles. The summed E-state index contributed by atoms with van der Waals surface area (Å²) < 4.78 is 2.03.